The van der Waals surface area contributed by atoms with Crippen molar-refractivity contribution in [2.45, 2.75) is 44.8 Å². The van der Waals surface area contributed by atoms with Crippen LogP contribution in [0.4, 0.5) is 13.2 Å². The Morgan fingerprint density at radius 1 is 1.29 bits per heavy atom. The van der Waals surface area contributed by atoms with Crippen molar-refractivity contribution in [3.63, 3.8) is 0 Å². The van der Waals surface area contributed by atoms with Gasteiger partial charge in [-0.25, -0.2) is 5.01 Å². The second-order valence-electron chi connectivity index (χ2n) is 5.41. The van der Waals surface area contributed by atoms with Crippen molar-refractivity contribution < 1.29 is 18.0 Å². The number of hydrogen-bond acceptors (Lipinski definition) is 2. The van der Waals surface area contributed by atoms with E-state index in [9.17, 15) is 18.0 Å². The molecule has 2 rings (SSSR count). The summed E-state index contributed by atoms with van der Waals surface area (Å²) in [5.74, 6) is -0.345. The van der Waals surface area contributed by atoms with Crippen molar-refractivity contribution >= 4 is 5.91 Å². The number of benzene rings is 1. The Labute approximate surface area is 122 Å². The zero-order valence-electron chi connectivity index (χ0n) is 11.9. The Morgan fingerprint density at radius 3 is 2.48 bits per heavy atom. The maximum atomic E-state index is 13.1. The average molecular weight is 300 g/mol. The summed E-state index contributed by atoms with van der Waals surface area (Å²) in [6.07, 6.45) is -3.18. The monoisotopic (exact) mass is 300 g/mol. The summed E-state index contributed by atoms with van der Waals surface area (Å²) >= 11 is 0. The summed E-state index contributed by atoms with van der Waals surface area (Å²) in [6.45, 7) is 2.09. The van der Waals surface area contributed by atoms with E-state index in [1.54, 1.807) is 0 Å². The van der Waals surface area contributed by atoms with Gasteiger partial charge in [-0.15, -0.1) is 0 Å². The van der Waals surface area contributed by atoms with Crippen LogP contribution in [0.2, 0.25) is 0 Å². The molecule has 1 atom stereocenters. The molecular formula is C15H19F3N2O. The number of hydrogen-bond donors (Lipinski definition) is 1. The molecule has 0 aromatic heterocycles. The molecule has 0 radical (unpaired) electrons. The predicted octanol–water partition coefficient (Wildman–Crippen LogP) is 2.99. The molecule has 3 nitrogen and oxygen atoms in total. The van der Waals surface area contributed by atoms with Gasteiger partial charge in [-0.05, 0) is 31.7 Å². The van der Waals surface area contributed by atoms with Gasteiger partial charge in [0.25, 0.3) is 0 Å². The third-order valence-corrected chi connectivity index (χ3v) is 3.67. The van der Waals surface area contributed by atoms with Gasteiger partial charge in [-0.1, -0.05) is 29.8 Å². The minimum atomic E-state index is -4.33. The lowest BCUT2D eigenvalue weighted by Gasteiger charge is -2.28. The molecule has 1 amide bonds. The maximum absolute atomic E-state index is 13.1. The Bertz CT molecular complexity index is 485. The molecule has 0 spiro atoms. The van der Waals surface area contributed by atoms with Gasteiger partial charge in [0.15, 0.2) is 0 Å². The van der Waals surface area contributed by atoms with Crippen LogP contribution in [0.3, 0.4) is 0 Å². The second-order valence-corrected chi connectivity index (χ2v) is 5.41. The summed E-state index contributed by atoms with van der Waals surface area (Å²) in [7, 11) is 0. The van der Waals surface area contributed by atoms with Gasteiger partial charge in [0.1, 0.15) is 6.04 Å². The molecule has 0 aliphatic carbocycles. The Balaban J connectivity index is 1.90. The first-order valence-electron chi connectivity index (χ1n) is 7.04. The van der Waals surface area contributed by atoms with E-state index in [2.05, 4.69) is 5.43 Å². The fourth-order valence-electron chi connectivity index (χ4n) is 2.48. The van der Waals surface area contributed by atoms with E-state index in [0.29, 0.717) is 12.8 Å². The number of carbonyl (C=O) groups is 1. The highest BCUT2D eigenvalue weighted by molar-refractivity contribution is 5.77. The zero-order chi connectivity index (χ0) is 15.5. The number of hydrazine groups is 1. The molecule has 1 heterocycles. The van der Waals surface area contributed by atoms with Crippen LogP contribution in [0.15, 0.2) is 24.3 Å². The number of halogens is 3. The van der Waals surface area contributed by atoms with E-state index in [4.69, 9.17) is 0 Å². The molecule has 6 heteroatoms. The number of aryl methyl sites for hydroxylation is 2. The molecule has 0 bridgehead atoms. The number of alkyl halides is 3. The SMILES string of the molecule is Cc1ccc(CCC[C@H](N2CCC(=O)N2)C(F)(F)F)cc1. The van der Waals surface area contributed by atoms with Crippen molar-refractivity contribution in [3.05, 3.63) is 35.4 Å². The first-order chi connectivity index (χ1) is 9.86. The molecule has 1 aliphatic heterocycles. The van der Waals surface area contributed by atoms with Crippen molar-refractivity contribution in [2.75, 3.05) is 6.54 Å². The van der Waals surface area contributed by atoms with Gasteiger partial charge >= 0.3 is 6.18 Å². The van der Waals surface area contributed by atoms with Gasteiger partial charge in [0.2, 0.25) is 5.91 Å². The minimum absolute atomic E-state index is 0.0162. The summed E-state index contributed by atoms with van der Waals surface area (Å²) in [4.78, 5) is 11.1. The largest absolute Gasteiger partial charge is 0.405 e. The van der Waals surface area contributed by atoms with Crippen LogP contribution in [0, 0.1) is 6.92 Å². The van der Waals surface area contributed by atoms with Crippen LogP contribution in [0.1, 0.15) is 30.4 Å². The van der Waals surface area contributed by atoms with Gasteiger partial charge in [0.05, 0.1) is 0 Å². The highest BCUT2D eigenvalue weighted by Crippen LogP contribution is 2.29. The lowest BCUT2D eigenvalue weighted by atomic mass is 10.0. The highest BCUT2D eigenvalue weighted by Gasteiger charge is 2.45. The van der Waals surface area contributed by atoms with Crippen molar-refractivity contribution in [2.24, 2.45) is 0 Å². The number of carbonyl (C=O) groups excluding carboxylic acids is 1. The zero-order valence-corrected chi connectivity index (χ0v) is 11.9. The van der Waals surface area contributed by atoms with E-state index in [-0.39, 0.29) is 25.3 Å². The molecule has 1 aromatic rings. The Morgan fingerprint density at radius 2 is 1.95 bits per heavy atom. The van der Waals surface area contributed by atoms with E-state index in [1.807, 2.05) is 31.2 Å². The number of amides is 1. The van der Waals surface area contributed by atoms with Crippen LogP contribution in [0.5, 0.6) is 0 Å². The average Bonchev–Trinajstić information content (AvgIpc) is 2.81. The molecule has 1 aromatic carbocycles. The summed E-state index contributed by atoms with van der Waals surface area (Å²) in [5, 5.41) is 1.03. The number of rotatable bonds is 5. The molecule has 116 valence electrons. The third kappa shape index (κ3) is 4.46. The lowest BCUT2D eigenvalue weighted by molar-refractivity contribution is -0.190. The molecule has 0 saturated carbocycles. The number of nitrogens with zero attached hydrogens (tertiary/aromatic N) is 1. The topological polar surface area (TPSA) is 32.3 Å². The first-order valence-corrected chi connectivity index (χ1v) is 7.04. The van der Waals surface area contributed by atoms with Crippen LogP contribution in [-0.2, 0) is 11.2 Å². The van der Waals surface area contributed by atoms with Crippen LogP contribution < -0.4 is 5.43 Å². The van der Waals surface area contributed by atoms with E-state index >= 15 is 0 Å². The normalized spacial score (nSPS) is 17.8. The van der Waals surface area contributed by atoms with Gasteiger partial charge in [-0.3, -0.25) is 10.2 Å². The van der Waals surface area contributed by atoms with Crippen molar-refractivity contribution in [1.82, 2.24) is 10.4 Å². The summed E-state index contributed by atoms with van der Waals surface area (Å²) in [5.41, 5.74) is 4.46. The highest BCUT2D eigenvalue weighted by atomic mass is 19.4. The quantitative estimate of drug-likeness (QED) is 0.906. The number of nitrogens with one attached hydrogen (secondary N) is 1. The fourth-order valence-corrected chi connectivity index (χ4v) is 2.48. The van der Waals surface area contributed by atoms with E-state index < -0.39 is 12.2 Å². The molecule has 1 aliphatic rings. The van der Waals surface area contributed by atoms with Crippen LogP contribution >= 0.6 is 0 Å². The van der Waals surface area contributed by atoms with Crippen LogP contribution in [-0.4, -0.2) is 29.7 Å². The van der Waals surface area contributed by atoms with Gasteiger partial charge < -0.3 is 0 Å². The standard InChI is InChI=1S/C15H19F3N2O/c1-11-5-7-12(8-6-11)3-2-4-13(15(16,17)18)20-10-9-14(21)19-20/h5-8,13H,2-4,9-10H2,1H3,(H,19,21)/t13-/m0/s1. The lowest BCUT2D eigenvalue weighted by Crippen LogP contribution is -2.49. The summed E-state index contributed by atoms with van der Waals surface area (Å²) in [6, 6.07) is 6.19. The predicted molar refractivity (Wildman–Crippen MR) is 73.4 cm³/mol. The second kappa shape index (κ2) is 6.47. The van der Waals surface area contributed by atoms with Gasteiger partial charge in [0, 0.05) is 13.0 Å². The molecule has 1 N–H and O–H groups in total. The van der Waals surface area contributed by atoms with Crippen molar-refractivity contribution in [1.29, 1.82) is 0 Å². The third-order valence-electron chi connectivity index (χ3n) is 3.67. The van der Waals surface area contributed by atoms with Gasteiger partial charge in [-0.2, -0.15) is 13.2 Å². The van der Waals surface area contributed by atoms with E-state index in [0.717, 1.165) is 16.1 Å². The van der Waals surface area contributed by atoms with E-state index in [1.165, 1.54) is 0 Å². The maximum Gasteiger partial charge on any atom is 0.405 e. The Hall–Kier alpha value is -1.56. The Kier molecular flexibility index (Phi) is 4.88. The smallest absolute Gasteiger partial charge is 0.288 e. The molecular weight excluding hydrogens is 281 g/mol. The molecule has 21 heavy (non-hydrogen) atoms. The molecule has 1 fully saturated rings. The van der Waals surface area contributed by atoms with Crippen molar-refractivity contribution in [3.8, 4) is 0 Å². The minimum Gasteiger partial charge on any atom is -0.288 e. The van der Waals surface area contributed by atoms with Crippen LogP contribution in [0.25, 0.3) is 0 Å². The summed E-state index contributed by atoms with van der Waals surface area (Å²) < 4.78 is 39.3. The fraction of sp³-hybridized carbons (Fsp3) is 0.533. The molecule has 1 saturated heterocycles. The molecule has 0 unspecified atom stereocenters. The first kappa shape index (κ1) is 15.8.